The normalized spacial score (nSPS) is 22.7. The molecule has 0 radical (unpaired) electrons. The highest BCUT2D eigenvalue weighted by Gasteiger charge is 2.54. The molecule has 0 bridgehead atoms. The van der Waals surface area contributed by atoms with Crippen LogP contribution < -0.4 is 25.4 Å². The zero-order chi connectivity index (χ0) is 27.7. The Hall–Kier alpha value is -3.79. The maximum Gasteiger partial charge on any atom is 0.407 e. The molecule has 1 saturated carbocycles. The maximum absolute atomic E-state index is 13.1. The number of rotatable bonds is 8. The van der Waals surface area contributed by atoms with Crippen LogP contribution >= 0.6 is 0 Å². The molecule has 3 N–H and O–H groups in total. The summed E-state index contributed by atoms with van der Waals surface area (Å²) in [4.78, 5) is 37.6. The summed E-state index contributed by atoms with van der Waals surface area (Å²) in [7, 11) is 1.56. The highest BCUT2D eigenvalue weighted by molar-refractivity contribution is 6.02. The van der Waals surface area contributed by atoms with Crippen molar-refractivity contribution >= 4 is 17.9 Å². The molecule has 1 saturated heterocycles. The van der Waals surface area contributed by atoms with Gasteiger partial charge in [0.05, 0.1) is 31.9 Å². The van der Waals surface area contributed by atoms with E-state index in [2.05, 4.69) is 16.0 Å². The fourth-order valence-electron chi connectivity index (χ4n) is 5.16. The van der Waals surface area contributed by atoms with Gasteiger partial charge in [0.1, 0.15) is 23.7 Å². The largest absolute Gasteiger partial charge is 0.492 e. The van der Waals surface area contributed by atoms with E-state index < -0.39 is 11.7 Å². The number of amides is 3. The second-order valence-corrected chi connectivity index (χ2v) is 11.1. The minimum Gasteiger partial charge on any atom is -0.492 e. The number of hydrogen-bond acceptors (Lipinski definition) is 7. The molecule has 1 aliphatic carbocycles. The van der Waals surface area contributed by atoms with Crippen LogP contribution in [0, 0.1) is 11.8 Å². The topological polar surface area (TPSA) is 124 Å². The molecule has 2 fully saturated rings. The quantitative estimate of drug-likeness (QED) is 0.443. The van der Waals surface area contributed by atoms with Gasteiger partial charge in [-0.15, -0.1) is 0 Å². The standard InChI is InChI=1S/C29H35N3O7/c1-29(2,3)39-28(35)31-9-10-37-18-7-5-16(6-8-18)21-15-38-25-19(21)11-17(12-20(25)27(34)30-4)26(33)32-24-22-13-36-14-23(22)24/h5-8,11-12,21-24H,9-10,13-15H2,1-4H3,(H,30,34)(H,31,35)(H,32,33)/t21?,22-,23+,24?. The molecule has 2 heterocycles. The van der Waals surface area contributed by atoms with Gasteiger partial charge in [-0.1, -0.05) is 12.1 Å². The van der Waals surface area contributed by atoms with Gasteiger partial charge in [0.15, 0.2) is 0 Å². The first kappa shape index (κ1) is 26.8. The highest BCUT2D eigenvalue weighted by Crippen LogP contribution is 2.45. The Labute approximate surface area is 227 Å². The minimum atomic E-state index is -0.555. The fourth-order valence-corrected chi connectivity index (χ4v) is 5.16. The van der Waals surface area contributed by atoms with Crippen LogP contribution in [0.4, 0.5) is 4.79 Å². The van der Waals surface area contributed by atoms with Crippen molar-refractivity contribution in [2.75, 3.05) is 40.0 Å². The number of hydrogen-bond donors (Lipinski definition) is 3. The van der Waals surface area contributed by atoms with Crippen LogP contribution in [0.5, 0.6) is 11.5 Å². The summed E-state index contributed by atoms with van der Waals surface area (Å²) in [6.07, 6.45) is -0.487. The van der Waals surface area contributed by atoms with Gasteiger partial charge in [-0.2, -0.15) is 0 Å². The van der Waals surface area contributed by atoms with E-state index in [1.165, 1.54) is 0 Å². The van der Waals surface area contributed by atoms with Crippen molar-refractivity contribution < 1.29 is 33.3 Å². The van der Waals surface area contributed by atoms with Gasteiger partial charge in [-0.25, -0.2) is 4.79 Å². The molecule has 2 aliphatic heterocycles. The van der Waals surface area contributed by atoms with Gasteiger partial charge >= 0.3 is 6.09 Å². The molecule has 208 valence electrons. The Kier molecular flexibility index (Phi) is 7.40. The van der Waals surface area contributed by atoms with E-state index in [-0.39, 0.29) is 30.4 Å². The molecule has 5 rings (SSSR count). The Balaban J connectivity index is 1.26. The van der Waals surface area contributed by atoms with E-state index in [0.29, 0.717) is 60.8 Å². The van der Waals surface area contributed by atoms with Crippen molar-refractivity contribution in [3.05, 3.63) is 58.7 Å². The summed E-state index contributed by atoms with van der Waals surface area (Å²) in [5.74, 6) is 1.27. The van der Waals surface area contributed by atoms with Crippen molar-refractivity contribution in [1.29, 1.82) is 0 Å². The predicted molar refractivity (Wildman–Crippen MR) is 142 cm³/mol. The van der Waals surface area contributed by atoms with Crippen molar-refractivity contribution in [3.8, 4) is 11.5 Å². The van der Waals surface area contributed by atoms with Crippen LogP contribution in [-0.4, -0.2) is 69.6 Å². The van der Waals surface area contributed by atoms with E-state index in [0.717, 1.165) is 11.1 Å². The molecule has 3 amide bonds. The lowest BCUT2D eigenvalue weighted by Gasteiger charge is -2.19. The number of nitrogens with one attached hydrogen (secondary N) is 3. The fraction of sp³-hybridized carbons (Fsp3) is 0.483. The van der Waals surface area contributed by atoms with Gasteiger partial charge in [0.25, 0.3) is 11.8 Å². The number of carbonyl (C=O) groups is 3. The van der Waals surface area contributed by atoms with Crippen molar-refractivity contribution in [3.63, 3.8) is 0 Å². The molecule has 10 heteroatoms. The van der Waals surface area contributed by atoms with Crippen molar-refractivity contribution in [2.24, 2.45) is 11.8 Å². The molecule has 4 atom stereocenters. The Morgan fingerprint density at radius 3 is 2.38 bits per heavy atom. The smallest absolute Gasteiger partial charge is 0.407 e. The van der Waals surface area contributed by atoms with Crippen molar-refractivity contribution in [2.45, 2.75) is 38.3 Å². The first-order chi connectivity index (χ1) is 18.6. The summed E-state index contributed by atoms with van der Waals surface area (Å²) in [6, 6.07) is 11.1. The average molecular weight is 538 g/mol. The third-order valence-electron chi connectivity index (χ3n) is 7.19. The number of benzene rings is 2. The Morgan fingerprint density at radius 2 is 1.72 bits per heavy atom. The van der Waals surface area contributed by atoms with Crippen LogP contribution in [0.25, 0.3) is 0 Å². The molecule has 2 aromatic rings. The summed E-state index contributed by atoms with van der Waals surface area (Å²) in [5.41, 5.74) is 2.00. The van der Waals surface area contributed by atoms with E-state index in [1.807, 2.05) is 51.1 Å². The third kappa shape index (κ3) is 5.95. The predicted octanol–water partition coefficient (Wildman–Crippen LogP) is 2.85. The van der Waals surface area contributed by atoms with Gasteiger partial charge in [-0.05, 0) is 50.6 Å². The van der Waals surface area contributed by atoms with E-state index in [9.17, 15) is 14.4 Å². The maximum atomic E-state index is 13.1. The van der Waals surface area contributed by atoms with E-state index in [1.54, 1.807) is 13.1 Å². The number of fused-ring (bicyclic) bond motifs is 2. The molecule has 3 aliphatic rings. The molecule has 0 spiro atoms. The molecule has 0 aromatic heterocycles. The first-order valence-corrected chi connectivity index (χ1v) is 13.3. The van der Waals surface area contributed by atoms with Crippen LogP contribution in [0.2, 0.25) is 0 Å². The van der Waals surface area contributed by atoms with Gasteiger partial charge < -0.3 is 34.9 Å². The van der Waals surface area contributed by atoms with Crippen LogP contribution in [0.15, 0.2) is 36.4 Å². The summed E-state index contributed by atoms with van der Waals surface area (Å²) in [5, 5.41) is 8.42. The number of ether oxygens (including phenoxy) is 4. The summed E-state index contributed by atoms with van der Waals surface area (Å²) in [6.45, 7) is 7.73. The van der Waals surface area contributed by atoms with Crippen LogP contribution in [-0.2, 0) is 9.47 Å². The molecular formula is C29H35N3O7. The number of carbonyl (C=O) groups excluding carboxylic acids is 3. The first-order valence-electron chi connectivity index (χ1n) is 13.3. The molecule has 10 nitrogen and oxygen atoms in total. The lowest BCUT2D eigenvalue weighted by Crippen LogP contribution is -2.34. The highest BCUT2D eigenvalue weighted by atomic mass is 16.6. The molecule has 2 aromatic carbocycles. The zero-order valence-corrected chi connectivity index (χ0v) is 22.7. The third-order valence-corrected chi connectivity index (χ3v) is 7.19. The number of alkyl carbamates (subject to hydrolysis) is 1. The zero-order valence-electron chi connectivity index (χ0n) is 22.7. The molecule has 2 unspecified atom stereocenters. The summed E-state index contributed by atoms with van der Waals surface area (Å²) >= 11 is 0. The van der Waals surface area contributed by atoms with E-state index in [4.69, 9.17) is 18.9 Å². The van der Waals surface area contributed by atoms with Gasteiger partial charge in [-0.3, -0.25) is 9.59 Å². The minimum absolute atomic E-state index is 0.127. The average Bonchev–Trinajstić information content (AvgIpc) is 3.25. The van der Waals surface area contributed by atoms with Crippen LogP contribution in [0.1, 0.15) is 58.5 Å². The molecular weight excluding hydrogens is 502 g/mol. The Bertz CT molecular complexity index is 1240. The second-order valence-electron chi connectivity index (χ2n) is 11.1. The second kappa shape index (κ2) is 10.8. The summed E-state index contributed by atoms with van der Waals surface area (Å²) < 4.78 is 22.4. The van der Waals surface area contributed by atoms with Crippen LogP contribution in [0.3, 0.4) is 0 Å². The SMILES string of the molecule is CNC(=O)c1cc(C(=O)NC2[C@H]3COC[C@@H]23)cc2c1OCC2c1ccc(OCCNC(=O)OC(C)(C)C)cc1. The van der Waals surface area contributed by atoms with Gasteiger partial charge in [0, 0.05) is 42.0 Å². The molecule has 39 heavy (non-hydrogen) atoms. The lowest BCUT2D eigenvalue weighted by atomic mass is 9.90. The van der Waals surface area contributed by atoms with E-state index >= 15 is 0 Å². The lowest BCUT2D eigenvalue weighted by molar-refractivity contribution is 0.0520. The Morgan fingerprint density at radius 1 is 1.00 bits per heavy atom. The van der Waals surface area contributed by atoms with Gasteiger partial charge in [0.2, 0.25) is 0 Å². The monoisotopic (exact) mass is 537 g/mol. The van der Waals surface area contributed by atoms with Crippen molar-refractivity contribution in [1.82, 2.24) is 16.0 Å².